The average Bonchev–Trinajstić information content (AvgIpc) is 2.56. The Hall–Kier alpha value is -1.31. The summed E-state index contributed by atoms with van der Waals surface area (Å²) < 4.78 is 36.7. The molecule has 0 aromatic heterocycles. The van der Waals surface area contributed by atoms with Crippen molar-refractivity contribution >= 4 is 11.8 Å². The van der Waals surface area contributed by atoms with Crippen LogP contribution in [0.3, 0.4) is 0 Å². The molecular formula is C11H17F3N2O3. The molecule has 0 bridgehead atoms. The molecule has 0 saturated carbocycles. The summed E-state index contributed by atoms with van der Waals surface area (Å²) in [6, 6.07) is 0. The maximum atomic E-state index is 12.2. The van der Waals surface area contributed by atoms with Gasteiger partial charge in [0.25, 0.3) is 5.91 Å². The van der Waals surface area contributed by atoms with Gasteiger partial charge >= 0.3 is 6.18 Å². The van der Waals surface area contributed by atoms with Crippen LogP contribution >= 0.6 is 0 Å². The van der Waals surface area contributed by atoms with Crippen LogP contribution in [0.4, 0.5) is 13.2 Å². The van der Waals surface area contributed by atoms with Crippen LogP contribution in [0.1, 0.15) is 20.8 Å². The van der Waals surface area contributed by atoms with E-state index in [1.165, 1.54) is 6.92 Å². The van der Waals surface area contributed by atoms with Gasteiger partial charge in [0.15, 0.2) is 0 Å². The van der Waals surface area contributed by atoms with Gasteiger partial charge in [-0.15, -0.1) is 0 Å². The maximum absolute atomic E-state index is 12.2. The van der Waals surface area contributed by atoms with Gasteiger partial charge in [0.05, 0.1) is 6.67 Å². The number of alkyl halides is 3. The molecule has 1 heterocycles. The summed E-state index contributed by atoms with van der Waals surface area (Å²) in [5.74, 6) is -1.92. The second-order valence-corrected chi connectivity index (χ2v) is 5.15. The number of halogens is 3. The fourth-order valence-electron chi connectivity index (χ4n) is 1.66. The summed E-state index contributed by atoms with van der Waals surface area (Å²) in [6.45, 7) is 2.25. The highest BCUT2D eigenvalue weighted by Gasteiger charge is 2.44. The third-order valence-corrected chi connectivity index (χ3v) is 3.23. The maximum Gasteiger partial charge on any atom is 0.406 e. The summed E-state index contributed by atoms with van der Waals surface area (Å²) in [7, 11) is 0. The van der Waals surface area contributed by atoms with Gasteiger partial charge in [0, 0.05) is 0 Å². The second-order valence-electron chi connectivity index (χ2n) is 5.15. The van der Waals surface area contributed by atoms with E-state index in [1.54, 1.807) is 13.8 Å². The molecule has 1 aliphatic rings. The zero-order valence-electron chi connectivity index (χ0n) is 11.0. The van der Waals surface area contributed by atoms with Crippen molar-refractivity contribution in [1.82, 2.24) is 9.80 Å². The number of aliphatic hydroxyl groups is 1. The number of amides is 2. The lowest BCUT2D eigenvalue weighted by atomic mass is 9.91. The standard InChI is InChI=1S/C11H17F3N2O3/c1-7(2)10(3,19)9(18)15-4-8(17)16(6-15)5-11(12,13)14/h7,19H,4-6H2,1-3H3. The van der Waals surface area contributed by atoms with Crippen molar-refractivity contribution in [3.63, 3.8) is 0 Å². The summed E-state index contributed by atoms with van der Waals surface area (Å²) >= 11 is 0. The molecule has 110 valence electrons. The minimum atomic E-state index is -4.50. The Balaban J connectivity index is 2.75. The third-order valence-electron chi connectivity index (χ3n) is 3.23. The zero-order chi connectivity index (χ0) is 15.0. The van der Waals surface area contributed by atoms with Crippen molar-refractivity contribution in [1.29, 1.82) is 0 Å². The Kier molecular flexibility index (Phi) is 4.14. The molecule has 0 radical (unpaired) electrons. The molecule has 1 N–H and O–H groups in total. The third kappa shape index (κ3) is 3.59. The molecule has 5 nitrogen and oxygen atoms in total. The first kappa shape index (κ1) is 15.7. The molecular weight excluding hydrogens is 265 g/mol. The lowest BCUT2D eigenvalue weighted by Crippen LogP contribution is -2.50. The normalized spacial score (nSPS) is 20.1. The van der Waals surface area contributed by atoms with E-state index < -0.39 is 49.3 Å². The monoisotopic (exact) mass is 282 g/mol. The lowest BCUT2D eigenvalue weighted by molar-refractivity contribution is -0.160. The van der Waals surface area contributed by atoms with Crippen LogP contribution in [-0.2, 0) is 9.59 Å². The summed E-state index contributed by atoms with van der Waals surface area (Å²) in [5, 5.41) is 9.98. The number of carbonyl (C=O) groups is 2. The minimum Gasteiger partial charge on any atom is -0.380 e. The zero-order valence-corrected chi connectivity index (χ0v) is 11.0. The van der Waals surface area contributed by atoms with Gasteiger partial charge in [-0.05, 0) is 12.8 Å². The first-order chi connectivity index (χ1) is 8.45. The molecule has 19 heavy (non-hydrogen) atoms. The van der Waals surface area contributed by atoms with Gasteiger partial charge in [-0.3, -0.25) is 9.59 Å². The molecule has 0 aromatic carbocycles. The molecule has 1 fully saturated rings. The van der Waals surface area contributed by atoms with E-state index in [2.05, 4.69) is 0 Å². The van der Waals surface area contributed by atoms with E-state index in [1.807, 2.05) is 0 Å². The Morgan fingerprint density at radius 2 is 1.95 bits per heavy atom. The number of carbonyl (C=O) groups excluding carboxylic acids is 2. The molecule has 1 aliphatic heterocycles. The van der Waals surface area contributed by atoms with Crippen LogP contribution in [0.2, 0.25) is 0 Å². The first-order valence-electron chi connectivity index (χ1n) is 5.81. The fourth-order valence-corrected chi connectivity index (χ4v) is 1.66. The highest BCUT2D eigenvalue weighted by molar-refractivity contribution is 5.91. The van der Waals surface area contributed by atoms with Crippen LogP contribution < -0.4 is 0 Å². The van der Waals surface area contributed by atoms with E-state index in [4.69, 9.17) is 0 Å². The van der Waals surface area contributed by atoms with Crippen molar-refractivity contribution in [3.05, 3.63) is 0 Å². The molecule has 0 aliphatic carbocycles. The van der Waals surface area contributed by atoms with Crippen LogP contribution in [0, 0.1) is 5.92 Å². The molecule has 0 aromatic rings. The van der Waals surface area contributed by atoms with Crippen molar-refractivity contribution in [3.8, 4) is 0 Å². The smallest absolute Gasteiger partial charge is 0.380 e. The van der Waals surface area contributed by atoms with Crippen molar-refractivity contribution < 1.29 is 27.9 Å². The Labute approximate surface area is 109 Å². The van der Waals surface area contributed by atoms with Gasteiger partial charge < -0.3 is 14.9 Å². The molecule has 0 spiro atoms. The highest BCUT2D eigenvalue weighted by Crippen LogP contribution is 2.23. The quantitative estimate of drug-likeness (QED) is 0.824. The van der Waals surface area contributed by atoms with Gasteiger partial charge in [0.1, 0.15) is 18.7 Å². The molecule has 8 heteroatoms. The first-order valence-corrected chi connectivity index (χ1v) is 5.81. The van der Waals surface area contributed by atoms with Crippen molar-refractivity contribution in [2.45, 2.75) is 32.5 Å². The number of nitrogens with zero attached hydrogens (tertiary/aromatic N) is 2. The summed E-state index contributed by atoms with van der Waals surface area (Å²) in [5.41, 5.74) is -1.70. The molecule has 1 rings (SSSR count). The van der Waals surface area contributed by atoms with Crippen LogP contribution in [-0.4, -0.2) is 58.3 Å². The Morgan fingerprint density at radius 1 is 1.42 bits per heavy atom. The Bertz CT molecular complexity index is 380. The lowest BCUT2D eigenvalue weighted by Gasteiger charge is -2.30. The molecule has 1 saturated heterocycles. The number of hydrogen-bond acceptors (Lipinski definition) is 3. The van der Waals surface area contributed by atoms with E-state index in [9.17, 15) is 27.9 Å². The van der Waals surface area contributed by atoms with Crippen LogP contribution in [0.5, 0.6) is 0 Å². The number of rotatable bonds is 3. The largest absolute Gasteiger partial charge is 0.406 e. The van der Waals surface area contributed by atoms with Gasteiger partial charge in [-0.2, -0.15) is 13.2 Å². The topological polar surface area (TPSA) is 60.9 Å². The van der Waals surface area contributed by atoms with Gasteiger partial charge in [-0.25, -0.2) is 0 Å². The average molecular weight is 282 g/mol. The predicted octanol–water partition coefficient (Wildman–Crippen LogP) is 0.584. The SMILES string of the molecule is CC(C)C(C)(O)C(=O)N1CC(=O)N(CC(F)(F)F)C1. The van der Waals surface area contributed by atoms with E-state index in [-0.39, 0.29) is 0 Å². The molecule has 1 atom stereocenters. The second kappa shape index (κ2) is 4.99. The molecule has 2 amide bonds. The van der Waals surface area contributed by atoms with E-state index in [0.29, 0.717) is 4.90 Å². The van der Waals surface area contributed by atoms with Gasteiger partial charge in [0.2, 0.25) is 5.91 Å². The predicted molar refractivity (Wildman–Crippen MR) is 59.8 cm³/mol. The van der Waals surface area contributed by atoms with Crippen LogP contribution in [0.25, 0.3) is 0 Å². The summed E-state index contributed by atoms with van der Waals surface area (Å²) in [4.78, 5) is 24.9. The van der Waals surface area contributed by atoms with Crippen LogP contribution in [0.15, 0.2) is 0 Å². The van der Waals surface area contributed by atoms with Crippen molar-refractivity contribution in [2.24, 2.45) is 5.92 Å². The van der Waals surface area contributed by atoms with Gasteiger partial charge in [-0.1, -0.05) is 13.8 Å². The number of hydrogen-bond donors (Lipinski definition) is 1. The molecule has 1 unspecified atom stereocenters. The van der Waals surface area contributed by atoms with E-state index in [0.717, 1.165) is 4.90 Å². The van der Waals surface area contributed by atoms with E-state index >= 15 is 0 Å². The minimum absolute atomic E-state index is 0.410. The Morgan fingerprint density at radius 3 is 2.37 bits per heavy atom. The highest BCUT2D eigenvalue weighted by atomic mass is 19.4. The summed E-state index contributed by atoms with van der Waals surface area (Å²) in [6.07, 6.45) is -4.50. The van der Waals surface area contributed by atoms with Crippen molar-refractivity contribution in [2.75, 3.05) is 19.8 Å². The fraction of sp³-hybridized carbons (Fsp3) is 0.818.